The number of sulfonamides is 1. The van der Waals surface area contributed by atoms with E-state index in [9.17, 15) is 8.42 Å². The van der Waals surface area contributed by atoms with Gasteiger partial charge in [0.1, 0.15) is 5.82 Å². The number of fused-ring (bicyclic) bond motifs is 1. The van der Waals surface area contributed by atoms with Crippen molar-refractivity contribution in [2.45, 2.75) is 15.5 Å². The van der Waals surface area contributed by atoms with Crippen LogP contribution in [0.2, 0.25) is 5.02 Å². The molecular weight excluding hydrogens is 414 g/mol. The number of hydrogen-bond donors (Lipinski definition) is 2. The van der Waals surface area contributed by atoms with Crippen LogP contribution in [0.3, 0.4) is 0 Å². The van der Waals surface area contributed by atoms with E-state index in [0.29, 0.717) is 16.3 Å². The molecule has 28 heavy (non-hydrogen) atoms. The summed E-state index contributed by atoms with van der Waals surface area (Å²) < 4.78 is 23.8. The second kappa shape index (κ2) is 7.60. The van der Waals surface area contributed by atoms with E-state index in [1.54, 1.807) is 30.0 Å². The van der Waals surface area contributed by atoms with E-state index in [1.807, 2.05) is 42.5 Å². The molecule has 3 aromatic carbocycles. The van der Waals surface area contributed by atoms with Crippen LogP contribution in [0.5, 0.6) is 0 Å². The van der Waals surface area contributed by atoms with Crippen molar-refractivity contribution in [3.05, 3.63) is 77.6 Å². The molecule has 5 nitrogen and oxygen atoms in total. The van der Waals surface area contributed by atoms with Crippen molar-refractivity contribution in [3.63, 3.8) is 0 Å². The average molecular weight is 430 g/mol. The van der Waals surface area contributed by atoms with Crippen molar-refractivity contribution in [1.82, 2.24) is 9.97 Å². The summed E-state index contributed by atoms with van der Waals surface area (Å²) >= 11 is 7.57. The van der Waals surface area contributed by atoms with Crippen LogP contribution >= 0.6 is 23.4 Å². The number of rotatable bonds is 5. The van der Waals surface area contributed by atoms with Gasteiger partial charge in [-0.2, -0.15) is 0 Å². The van der Waals surface area contributed by atoms with Crippen molar-refractivity contribution in [3.8, 4) is 11.1 Å². The Morgan fingerprint density at radius 3 is 2.54 bits per heavy atom. The molecule has 0 amide bonds. The Balaban J connectivity index is 1.63. The SMILES string of the molecule is NS(=O)(=O)c1ccccc1-c1ccc2nc(CSc3ccc(Cl)cc3)[nH]c2c1. The van der Waals surface area contributed by atoms with Gasteiger partial charge in [0.25, 0.3) is 0 Å². The highest BCUT2D eigenvalue weighted by Gasteiger charge is 2.15. The number of nitrogens with one attached hydrogen (secondary N) is 1. The smallest absolute Gasteiger partial charge is 0.238 e. The Hall–Kier alpha value is -2.32. The second-order valence-electron chi connectivity index (χ2n) is 6.20. The second-order valence-corrected chi connectivity index (χ2v) is 9.21. The van der Waals surface area contributed by atoms with Gasteiger partial charge < -0.3 is 4.98 Å². The molecule has 142 valence electrons. The Kier molecular flexibility index (Phi) is 5.16. The lowest BCUT2D eigenvalue weighted by Gasteiger charge is -2.07. The zero-order valence-corrected chi connectivity index (χ0v) is 17.0. The molecule has 3 N–H and O–H groups in total. The molecule has 0 fully saturated rings. The van der Waals surface area contributed by atoms with Crippen LogP contribution in [0.1, 0.15) is 5.82 Å². The van der Waals surface area contributed by atoms with E-state index in [0.717, 1.165) is 27.3 Å². The van der Waals surface area contributed by atoms with Crippen LogP contribution in [0, 0.1) is 0 Å². The normalized spacial score (nSPS) is 11.8. The maximum atomic E-state index is 11.9. The lowest BCUT2D eigenvalue weighted by Crippen LogP contribution is -2.13. The van der Waals surface area contributed by atoms with E-state index >= 15 is 0 Å². The van der Waals surface area contributed by atoms with Gasteiger partial charge in [-0.3, -0.25) is 0 Å². The molecule has 0 aliphatic heterocycles. The third kappa shape index (κ3) is 4.07. The van der Waals surface area contributed by atoms with Crippen molar-refractivity contribution in [2.75, 3.05) is 0 Å². The Labute approximate surface area is 172 Å². The van der Waals surface area contributed by atoms with Gasteiger partial charge in [-0.05, 0) is 48.0 Å². The number of thioether (sulfide) groups is 1. The van der Waals surface area contributed by atoms with Gasteiger partial charge in [0, 0.05) is 15.5 Å². The minimum atomic E-state index is -3.81. The number of aromatic amines is 1. The number of hydrogen-bond acceptors (Lipinski definition) is 4. The minimum Gasteiger partial charge on any atom is -0.341 e. The fraction of sp³-hybridized carbons (Fsp3) is 0.0500. The molecule has 0 spiro atoms. The summed E-state index contributed by atoms with van der Waals surface area (Å²) in [6, 6.07) is 20.0. The molecular formula is C20H16ClN3O2S2. The first-order valence-electron chi connectivity index (χ1n) is 8.39. The molecule has 0 radical (unpaired) electrons. The van der Waals surface area contributed by atoms with E-state index in [1.165, 1.54) is 6.07 Å². The lowest BCUT2D eigenvalue weighted by molar-refractivity contribution is 0.598. The summed E-state index contributed by atoms with van der Waals surface area (Å²) in [6.07, 6.45) is 0. The molecule has 0 aliphatic carbocycles. The number of halogens is 1. The maximum absolute atomic E-state index is 11.9. The molecule has 4 rings (SSSR count). The van der Waals surface area contributed by atoms with Crippen LogP contribution < -0.4 is 5.14 Å². The number of imidazole rings is 1. The predicted molar refractivity (Wildman–Crippen MR) is 114 cm³/mol. The van der Waals surface area contributed by atoms with Crippen LogP contribution in [0.15, 0.2) is 76.5 Å². The average Bonchev–Trinajstić information content (AvgIpc) is 3.09. The lowest BCUT2D eigenvalue weighted by atomic mass is 10.1. The predicted octanol–water partition coefficient (Wildman–Crippen LogP) is 4.82. The van der Waals surface area contributed by atoms with Crippen LogP contribution in [-0.4, -0.2) is 18.4 Å². The summed E-state index contributed by atoms with van der Waals surface area (Å²) in [6.45, 7) is 0. The zero-order chi connectivity index (χ0) is 19.7. The highest BCUT2D eigenvalue weighted by Crippen LogP contribution is 2.30. The Morgan fingerprint density at radius 1 is 1.04 bits per heavy atom. The van der Waals surface area contributed by atoms with Crippen LogP contribution in [0.4, 0.5) is 0 Å². The molecule has 0 saturated carbocycles. The van der Waals surface area contributed by atoms with Crippen molar-refractivity contribution in [1.29, 1.82) is 0 Å². The Bertz CT molecular complexity index is 1250. The van der Waals surface area contributed by atoms with Crippen molar-refractivity contribution in [2.24, 2.45) is 5.14 Å². The van der Waals surface area contributed by atoms with Gasteiger partial charge in [-0.15, -0.1) is 11.8 Å². The van der Waals surface area contributed by atoms with Gasteiger partial charge in [0.15, 0.2) is 0 Å². The fourth-order valence-corrected chi connectivity index (χ4v) is 4.59. The number of nitrogens with zero attached hydrogens (tertiary/aromatic N) is 1. The van der Waals surface area contributed by atoms with Crippen molar-refractivity contribution >= 4 is 44.4 Å². The van der Waals surface area contributed by atoms with Crippen LogP contribution in [0.25, 0.3) is 22.2 Å². The number of nitrogens with two attached hydrogens (primary N) is 1. The molecule has 1 heterocycles. The number of benzene rings is 3. The summed E-state index contributed by atoms with van der Waals surface area (Å²) in [4.78, 5) is 9.12. The maximum Gasteiger partial charge on any atom is 0.238 e. The van der Waals surface area contributed by atoms with Gasteiger partial charge >= 0.3 is 0 Å². The van der Waals surface area contributed by atoms with E-state index in [4.69, 9.17) is 16.7 Å². The third-order valence-electron chi connectivity index (χ3n) is 4.22. The van der Waals surface area contributed by atoms with Crippen LogP contribution in [-0.2, 0) is 15.8 Å². The molecule has 0 saturated heterocycles. The zero-order valence-electron chi connectivity index (χ0n) is 14.6. The van der Waals surface area contributed by atoms with Crippen molar-refractivity contribution < 1.29 is 8.42 Å². The molecule has 0 unspecified atom stereocenters. The number of primary sulfonamides is 1. The summed E-state index contributed by atoms with van der Waals surface area (Å²) in [7, 11) is -3.81. The first-order valence-corrected chi connectivity index (χ1v) is 11.3. The van der Waals surface area contributed by atoms with Gasteiger partial charge in [0.05, 0.1) is 21.7 Å². The molecule has 0 atom stereocenters. The largest absolute Gasteiger partial charge is 0.341 e. The van der Waals surface area contributed by atoms with Gasteiger partial charge in [-0.1, -0.05) is 35.9 Å². The summed E-state index contributed by atoms with van der Waals surface area (Å²) in [5.41, 5.74) is 2.99. The standard InChI is InChI=1S/C20H16ClN3O2S2/c21-14-6-8-15(9-7-14)27-12-20-23-17-10-5-13(11-18(17)24-20)16-3-1-2-4-19(16)28(22,25)26/h1-11H,12H2,(H,23,24)(H2,22,25,26). The highest BCUT2D eigenvalue weighted by molar-refractivity contribution is 7.98. The fourth-order valence-electron chi connectivity index (χ4n) is 2.93. The summed E-state index contributed by atoms with van der Waals surface area (Å²) in [5.74, 6) is 1.52. The minimum absolute atomic E-state index is 0.104. The Morgan fingerprint density at radius 2 is 1.79 bits per heavy atom. The first-order chi connectivity index (χ1) is 13.4. The molecule has 8 heteroatoms. The molecule has 4 aromatic rings. The molecule has 1 aromatic heterocycles. The van der Waals surface area contributed by atoms with Gasteiger partial charge in [-0.25, -0.2) is 18.5 Å². The third-order valence-corrected chi connectivity index (χ3v) is 6.47. The van der Waals surface area contributed by atoms with Gasteiger partial charge in [0.2, 0.25) is 10.0 Å². The topological polar surface area (TPSA) is 88.8 Å². The first kappa shape index (κ1) is 19.0. The molecule has 0 aliphatic rings. The molecule has 0 bridgehead atoms. The quantitative estimate of drug-likeness (QED) is 0.445. The van der Waals surface area contributed by atoms with E-state index < -0.39 is 10.0 Å². The monoisotopic (exact) mass is 429 g/mol. The van der Waals surface area contributed by atoms with E-state index in [2.05, 4.69) is 9.97 Å². The summed E-state index contributed by atoms with van der Waals surface area (Å²) in [5, 5.41) is 6.07. The number of aromatic nitrogens is 2. The highest BCUT2D eigenvalue weighted by atomic mass is 35.5. The number of H-pyrrole nitrogens is 1. The van der Waals surface area contributed by atoms with E-state index in [-0.39, 0.29) is 4.90 Å².